The van der Waals surface area contributed by atoms with Crippen molar-refractivity contribution in [3.63, 3.8) is 0 Å². The van der Waals surface area contributed by atoms with Crippen LogP contribution in [0.15, 0.2) is 78.9 Å². The number of imidazole rings is 1. The highest BCUT2D eigenvalue weighted by atomic mass is 16.5. The number of rotatable bonds is 8. The van der Waals surface area contributed by atoms with E-state index in [1.807, 2.05) is 66.7 Å². The van der Waals surface area contributed by atoms with Crippen LogP contribution in [0.3, 0.4) is 0 Å². The molecule has 0 atom stereocenters. The molecule has 5 heteroatoms. The molecule has 1 N–H and O–H groups in total. The minimum Gasteiger partial charge on any atom is -0.496 e. The second-order valence-electron chi connectivity index (χ2n) is 7.18. The van der Waals surface area contributed by atoms with Crippen molar-refractivity contribution in [2.45, 2.75) is 25.9 Å². The number of fused-ring (bicyclic) bond motifs is 1. The van der Waals surface area contributed by atoms with E-state index in [9.17, 15) is 4.79 Å². The zero-order chi connectivity index (χ0) is 20.8. The zero-order valence-corrected chi connectivity index (χ0v) is 17.0. The Bertz CT molecular complexity index is 1140. The molecule has 3 aromatic carbocycles. The molecular weight excluding hydrogens is 374 g/mol. The summed E-state index contributed by atoms with van der Waals surface area (Å²) in [7, 11) is 1.68. The predicted molar refractivity (Wildman–Crippen MR) is 118 cm³/mol. The minimum atomic E-state index is 0.0229. The SMILES string of the molecule is COc1ccccc1Cn1c(CNC(=O)CCc2ccccc2)nc2ccccc21. The topological polar surface area (TPSA) is 56.1 Å². The number of carbonyl (C=O) groups is 1. The molecule has 0 aliphatic heterocycles. The zero-order valence-electron chi connectivity index (χ0n) is 17.0. The maximum Gasteiger partial charge on any atom is 0.220 e. The molecule has 5 nitrogen and oxygen atoms in total. The summed E-state index contributed by atoms with van der Waals surface area (Å²) in [5, 5.41) is 3.03. The highest BCUT2D eigenvalue weighted by molar-refractivity contribution is 5.77. The van der Waals surface area contributed by atoms with Crippen LogP contribution in [0.25, 0.3) is 11.0 Å². The average Bonchev–Trinajstić information content (AvgIpc) is 3.14. The van der Waals surface area contributed by atoms with Crippen LogP contribution in [-0.4, -0.2) is 22.6 Å². The molecule has 0 spiro atoms. The molecule has 0 aliphatic rings. The summed E-state index contributed by atoms with van der Waals surface area (Å²) in [5.41, 5.74) is 4.19. The number of amides is 1. The van der Waals surface area contributed by atoms with Gasteiger partial charge in [0.2, 0.25) is 5.91 Å². The van der Waals surface area contributed by atoms with Crippen LogP contribution in [0.5, 0.6) is 5.75 Å². The summed E-state index contributed by atoms with van der Waals surface area (Å²) in [6.45, 7) is 1.01. The third-order valence-corrected chi connectivity index (χ3v) is 5.18. The number of benzene rings is 3. The standard InChI is InChI=1S/C25H25N3O2/c1-30-23-14-8-5-11-20(23)18-28-22-13-7-6-12-21(22)27-24(28)17-26-25(29)16-15-19-9-3-2-4-10-19/h2-14H,15-18H2,1H3,(H,26,29). The van der Waals surface area contributed by atoms with Crippen LogP contribution < -0.4 is 10.1 Å². The van der Waals surface area contributed by atoms with Crippen molar-refractivity contribution in [2.75, 3.05) is 7.11 Å². The van der Waals surface area contributed by atoms with E-state index in [4.69, 9.17) is 9.72 Å². The number of ether oxygens (including phenoxy) is 1. The highest BCUT2D eigenvalue weighted by Gasteiger charge is 2.14. The fraction of sp³-hybridized carbons (Fsp3) is 0.200. The van der Waals surface area contributed by atoms with Crippen molar-refractivity contribution in [1.82, 2.24) is 14.9 Å². The van der Waals surface area contributed by atoms with Gasteiger partial charge in [-0.05, 0) is 30.2 Å². The van der Waals surface area contributed by atoms with E-state index in [0.29, 0.717) is 19.5 Å². The third kappa shape index (κ3) is 4.51. The Hall–Kier alpha value is -3.60. The predicted octanol–water partition coefficient (Wildman–Crippen LogP) is 4.34. The maximum absolute atomic E-state index is 12.4. The van der Waals surface area contributed by atoms with Crippen LogP contribution in [-0.2, 0) is 24.3 Å². The first-order chi connectivity index (χ1) is 14.7. The van der Waals surface area contributed by atoms with E-state index < -0.39 is 0 Å². The number of hydrogen-bond donors (Lipinski definition) is 1. The fourth-order valence-corrected chi connectivity index (χ4v) is 3.61. The van der Waals surface area contributed by atoms with Gasteiger partial charge in [-0.25, -0.2) is 4.98 Å². The molecule has 0 aliphatic carbocycles. The Morgan fingerprint density at radius 1 is 0.967 bits per heavy atom. The maximum atomic E-state index is 12.4. The number of aryl methyl sites for hydroxylation is 1. The molecule has 4 aromatic rings. The van der Waals surface area contributed by atoms with E-state index in [1.54, 1.807) is 7.11 Å². The van der Waals surface area contributed by atoms with Crippen LogP contribution in [0.4, 0.5) is 0 Å². The summed E-state index contributed by atoms with van der Waals surface area (Å²) in [6, 6.07) is 26.1. The third-order valence-electron chi connectivity index (χ3n) is 5.18. The quantitative estimate of drug-likeness (QED) is 0.479. The summed E-state index contributed by atoms with van der Waals surface area (Å²) in [6.07, 6.45) is 1.18. The number of para-hydroxylation sites is 3. The first-order valence-electron chi connectivity index (χ1n) is 10.1. The van der Waals surface area contributed by atoms with E-state index >= 15 is 0 Å². The molecule has 0 bridgehead atoms. The lowest BCUT2D eigenvalue weighted by Gasteiger charge is -2.13. The van der Waals surface area contributed by atoms with E-state index in [-0.39, 0.29) is 5.91 Å². The molecule has 4 rings (SSSR count). The van der Waals surface area contributed by atoms with Crippen LogP contribution in [0, 0.1) is 0 Å². The van der Waals surface area contributed by atoms with Gasteiger partial charge in [-0.15, -0.1) is 0 Å². The summed E-state index contributed by atoms with van der Waals surface area (Å²) in [4.78, 5) is 17.2. The molecule has 0 saturated heterocycles. The molecular formula is C25H25N3O2. The Labute approximate surface area is 176 Å². The van der Waals surface area contributed by atoms with Crippen LogP contribution >= 0.6 is 0 Å². The molecule has 1 aromatic heterocycles. The summed E-state index contributed by atoms with van der Waals surface area (Å²) < 4.78 is 7.66. The van der Waals surface area contributed by atoms with Crippen LogP contribution in [0.2, 0.25) is 0 Å². The first kappa shape index (κ1) is 19.7. The Balaban J connectivity index is 1.50. The second-order valence-corrected chi connectivity index (χ2v) is 7.18. The first-order valence-corrected chi connectivity index (χ1v) is 10.1. The molecule has 0 unspecified atom stereocenters. The summed E-state index contributed by atoms with van der Waals surface area (Å²) >= 11 is 0. The molecule has 0 saturated carbocycles. The van der Waals surface area contributed by atoms with E-state index in [0.717, 1.165) is 40.2 Å². The lowest BCUT2D eigenvalue weighted by molar-refractivity contribution is -0.121. The normalized spacial score (nSPS) is 10.8. The van der Waals surface area contributed by atoms with Gasteiger partial charge in [-0.2, -0.15) is 0 Å². The average molecular weight is 399 g/mol. The minimum absolute atomic E-state index is 0.0229. The molecule has 0 radical (unpaired) electrons. The molecule has 152 valence electrons. The van der Waals surface area contributed by atoms with Crippen molar-refractivity contribution in [1.29, 1.82) is 0 Å². The van der Waals surface area contributed by atoms with Gasteiger partial charge in [0, 0.05) is 12.0 Å². The van der Waals surface area contributed by atoms with Crippen molar-refractivity contribution in [2.24, 2.45) is 0 Å². The van der Waals surface area contributed by atoms with E-state index in [1.165, 1.54) is 0 Å². The number of methoxy groups -OCH3 is 1. The second kappa shape index (κ2) is 9.27. The molecule has 1 heterocycles. The Kier molecular flexibility index (Phi) is 6.09. The Morgan fingerprint density at radius 2 is 1.70 bits per heavy atom. The summed E-state index contributed by atoms with van der Waals surface area (Å²) in [5.74, 6) is 1.69. The van der Waals surface area contributed by atoms with Crippen molar-refractivity contribution in [3.05, 3.63) is 95.8 Å². The van der Waals surface area contributed by atoms with Gasteiger partial charge in [-0.1, -0.05) is 60.7 Å². The number of nitrogens with one attached hydrogen (secondary N) is 1. The number of aromatic nitrogens is 2. The van der Waals surface area contributed by atoms with Gasteiger partial charge in [0.15, 0.2) is 0 Å². The number of nitrogens with zero attached hydrogens (tertiary/aromatic N) is 2. The number of hydrogen-bond acceptors (Lipinski definition) is 3. The van der Waals surface area contributed by atoms with Crippen LogP contribution in [0.1, 0.15) is 23.4 Å². The van der Waals surface area contributed by atoms with Gasteiger partial charge in [0.05, 0.1) is 31.2 Å². The van der Waals surface area contributed by atoms with Crippen molar-refractivity contribution >= 4 is 16.9 Å². The lowest BCUT2D eigenvalue weighted by Crippen LogP contribution is -2.25. The van der Waals surface area contributed by atoms with Gasteiger partial charge >= 0.3 is 0 Å². The highest BCUT2D eigenvalue weighted by Crippen LogP contribution is 2.23. The fourth-order valence-electron chi connectivity index (χ4n) is 3.61. The Morgan fingerprint density at radius 3 is 2.53 bits per heavy atom. The van der Waals surface area contributed by atoms with Gasteiger partial charge < -0.3 is 14.6 Å². The van der Waals surface area contributed by atoms with Crippen molar-refractivity contribution < 1.29 is 9.53 Å². The van der Waals surface area contributed by atoms with Gasteiger partial charge in [0.25, 0.3) is 0 Å². The molecule has 0 fully saturated rings. The monoisotopic (exact) mass is 399 g/mol. The van der Waals surface area contributed by atoms with E-state index in [2.05, 4.69) is 22.0 Å². The smallest absolute Gasteiger partial charge is 0.220 e. The molecule has 1 amide bonds. The largest absolute Gasteiger partial charge is 0.496 e. The molecule has 30 heavy (non-hydrogen) atoms. The van der Waals surface area contributed by atoms with Gasteiger partial charge in [-0.3, -0.25) is 4.79 Å². The van der Waals surface area contributed by atoms with Gasteiger partial charge in [0.1, 0.15) is 11.6 Å². The lowest BCUT2D eigenvalue weighted by atomic mass is 10.1. The van der Waals surface area contributed by atoms with Crippen molar-refractivity contribution in [3.8, 4) is 5.75 Å². The number of carbonyl (C=O) groups excluding carboxylic acids is 1.